The number of hydrogen-bond donors (Lipinski definition) is 1. The van der Waals surface area contributed by atoms with Gasteiger partial charge in [0.05, 0.1) is 10.6 Å². The number of carbonyl (C=O) groups is 2. The summed E-state index contributed by atoms with van der Waals surface area (Å²) in [6.45, 7) is 1.48. The fraction of sp³-hybridized carbons (Fsp3) is 0.300. The monoisotopic (exact) mass is 238 g/mol. The number of aromatic nitrogens is 1. The first kappa shape index (κ1) is 10.9. The van der Waals surface area contributed by atoms with E-state index in [9.17, 15) is 9.59 Å². The number of amides is 1. The van der Waals surface area contributed by atoms with E-state index in [-0.39, 0.29) is 11.7 Å². The second-order valence-corrected chi connectivity index (χ2v) is 4.41. The van der Waals surface area contributed by atoms with Crippen LogP contribution in [-0.4, -0.2) is 33.8 Å². The topological polar surface area (TPSA) is 70.5 Å². The Morgan fingerprint density at radius 1 is 1.69 bits per heavy atom. The molecule has 1 amide bonds. The molecule has 0 aliphatic carbocycles. The van der Waals surface area contributed by atoms with E-state index in [1.807, 2.05) is 6.07 Å². The number of fused-ring (bicyclic) bond motifs is 1. The molecule has 16 heavy (non-hydrogen) atoms. The lowest BCUT2D eigenvalue weighted by Gasteiger charge is -2.30. The molecular formula is C10H10N2O3S. The van der Waals surface area contributed by atoms with Gasteiger partial charge in [-0.15, -0.1) is 11.8 Å². The van der Waals surface area contributed by atoms with E-state index in [1.54, 1.807) is 12.3 Å². The summed E-state index contributed by atoms with van der Waals surface area (Å²) in [5.41, 5.74) is 0. The molecule has 84 valence electrons. The van der Waals surface area contributed by atoms with Crippen molar-refractivity contribution in [3.05, 3.63) is 18.3 Å². The van der Waals surface area contributed by atoms with Crippen LogP contribution in [0.3, 0.4) is 0 Å². The van der Waals surface area contributed by atoms with E-state index in [1.165, 1.54) is 23.6 Å². The SMILES string of the molecule is C[C@H](C(=O)O)N1C(=O)CSc2cccnc21. The normalized spacial score (nSPS) is 16.8. The number of hydrogen-bond acceptors (Lipinski definition) is 4. The molecule has 1 atom stereocenters. The van der Waals surface area contributed by atoms with Crippen LogP contribution in [0.1, 0.15) is 6.92 Å². The molecule has 0 unspecified atom stereocenters. The van der Waals surface area contributed by atoms with Gasteiger partial charge in [0, 0.05) is 6.20 Å². The number of carboxylic acids is 1. The lowest BCUT2D eigenvalue weighted by molar-refractivity contribution is -0.139. The van der Waals surface area contributed by atoms with E-state index in [4.69, 9.17) is 5.11 Å². The van der Waals surface area contributed by atoms with Crippen LogP contribution >= 0.6 is 11.8 Å². The molecule has 1 aromatic heterocycles. The van der Waals surface area contributed by atoms with Crippen molar-refractivity contribution < 1.29 is 14.7 Å². The van der Waals surface area contributed by atoms with Crippen LogP contribution < -0.4 is 4.90 Å². The molecule has 2 heterocycles. The van der Waals surface area contributed by atoms with Gasteiger partial charge < -0.3 is 5.11 Å². The zero-order valence-electron chi connectivity index (χ0n) is 8.58. The van der Waals surface area contributed by atoms with Crippen LogP contribution in [0.25, 0.3) is 0 Å². The van der Waals surface area contributed by atoms with Crippen LogP contribution in [-0.2, 0) is 9.59 Å². The third-order valence-electron chi connectivity index (χ3n) is 2.34. The first-order chi connectivity index (χ1) is 7.61. The quantitative estimate of drug-likeness (QED) is 0.832. The molecule has 1 N–H and O–H groups in total. The maximum atomic E-state index is 11.7. The highest BCUT2D eigenvalue weighted by atomic mass is 32.2. The number of anilines is 1. The predicted octanol–water partition coefficient (Wildman–Crippen LogP) is 0.993. The molecule has 0 aromatic carbocycles. The maximum absolute atomic E-state index is 11.7. The third kappa shape index (κ3) is 1.76. The molecule has 0 radical (unpaired) electrons. The van der Waals surface area contributed by atoms with Crippen molar-refractivity contribution in [2.75, 3.05) is 10.7 Å². The summed E-state index contributed by atoms with van der Waals surface area (Å²) in [5.74, 6) is -0.544. The minimum absolute atomic E-state index is 0.217. The second-order valence-electron chi connectivity index (χ2n) is 3.39. The van der Waals surface area contributed by atoms with Crippen molar-refractivity contribution >= 4 is 29.5 Å². The van der Waals surface area contributed by atoms with Crippen LogP contribution in [0.5, 0.6) is 0 Å². The molecule has 0 saturated carbocycles. The lowest BCUT2D eigenvalue weighted by atomic mass is 10.2. The highest BCUT2D eigenvalue weighted by molar-refractivity contribution is 8.00. The summed E-state index contributed by atoms with van der Waals surface area (Å²) >= 11 is 1.38. The average Bonchev–Trinajstić information content (AvgIpc) is 2.28. The first-order valence-corrected chi connectivity index (χ1v) is 5.72. The largest absolute Gasteiger partial charge is 0.480 e. The highest BCUT2D eigenvalue weighted by Gasteiger charge is 2.32. The summed E-state index contributed by atoms with van der Waals surface area (Å²) in [5, 5.41) is 8.95. The van der Waals surface area contributed by atoms with Gasteiger partial charge in [0.15, 0.2) is 0 Å². The standard InChI is InChI=1S/C10H10N2O3S/c1-6(10(14)15)12-8(13)5-16-7-3-2-4-11-9(7)12/h2-4,6H,5H2,1H3,(H,14,15)/t6-/m1/s1. The zero-order chi connectivity index (χ0) is 11.7. The Hall–Kier alpha value is -1.56. The molecule has 0 spiro atoms. The van der Waals surface area contributed by atoms with Crippen LogP contribution in [0, 0.1) is 0 Å². The zero-order valence-corrected chi connectivity index (χ0v) is 9.40. The summed E-state index contributed by atoms with van der Waals surface area (Å²) < 4.78 is 0. The molecule has 1 aliphatic rings. The van der Waals surface area contributed by atoms with Gasteiger partial charge in [-0.05, 0) is 19.1 Å². The minimum Gasteiger partial charge on any atom is -0.480 e. The van der Waals surface area contributed by atoms with E-state index >= 15 is 0 Å². The smallest absolute Gasteiger partial charge is 0.326 e. The van der Waals surface area contributed by atoms with Crippen molar-refractivity contribution in [2.45, 2.75) is 17.9 Å². The van der Waals surface area contributed by atoms with Gasteiger partial charge in [-0.25, -0.2) is 9.78 Å². The Labute approximate surface area is 96.5 Å². The Bertz CT molecular complexity index is 449. The minimum atomic E-state index is -1.03. The number of thioether (sulfide) groups is 1. The molecule has 2 rings (SSSR count). The number of carbonyl (C=O) groups excluding carboxylic acids is 1. The average molecular weight is 238 g/mol. The fourth-order valence-corrected chi connectivity index (χ4v) is 2.39. The number of aliphatic carboxylic acids is 1. The van der Waals surface area contributed by atoms with Gasteiger partial charge >= 0.3 is 5.97 Å². The summed E-state index contributed by atoms with van der Waals surface area (Å²) in [4.78, 5) is 28.8. The first-order valence-electron chi connectivity index (χ1n) is 4.74. The summed E-state index contributed by atoms with van der Waals surface area (Å²) in [6.07, 6.45) is 1.56. The van der Waals surface area contributed by atoms with Gasteiger partial charge in [0.25, 0.3) is 0 Å². The number of pyridine rings is 1. The van der Waals surface area contributed by atoms with E-state index in [0.717, 1.165) is 4.90 Å². The van der Waals surface area contributed by atoms with Crippen LogP contribution in [0.4, 0.5) is 5.82 Å². The number of nitrogens with zero attached hydrogens (tertiary/aromatic N) is 2. The Balaban J connectivity index is 2.44. The fourth-order valence-electron chi connectivity index (χ4n) is 1.51. The van der Waals surface area contributed by atoms with Crippen molar-refractivity contribution in [1.29, 1.82) is 0 Å². The molecule has 0 saturated heterocycles. The van der Waals surface area contributed by atoms with E-state index < -0.39 is 12.0 Å². The lowest BCUT2D eigenvalue weighted by Crippen LogP contribution is -2.46. The Morgan fingerprint density at radius 2 is 2.44 bits per heavy atom. The van der Waals surface area contributed by atoms with Gasteiger partial charge in [0.2, 0.25) is 5.91 Å². The second kappa shape index (κ2) is 4.13. The predicted molar refractivity (Wildman–Crippen MR) is 59.5 cm³/mol. The highest BCUT2D eigenvalue weighted by Crippen LogP contribution is 2.34. The molecule has 5 nitrogen and oxygen atoms in total. The molecule has 1 aliphatic heterocycles. The van der Waals surface area contributed by atoms with Gasteiger partial charge in [-0.2, -0.15) is 0 Å². The van der Waals surface area contributed by atoms with E-state index in [2.05, 4.69) is 4.98 Å². The molecular weight excluding hydrogens is 228 g/mol. The maximum Gasteiger partial charge on any atom is 0.326 e. The van der Waals surface area contributed by atoms with E-state index in [0.29, 0.717) is 5.82 Å². The molecule has 6 heteroatoms. The van der Waals surface area contributed by atoms with Gasteiger partial charge in [-0.3, -0.25) is 9.69 Å². The van der Waals surface area contributed by atoms with Crippen LogP contribution in [0.15, 0.2) is 23.2 Å². The van der Waals surface area contributed by atoms with Crippen molar-refractivity contribution in [3.63, 3.8) is 0 Å². The van der Waals surface area contributed by atoms with Gasteiger partial charge in [-0.1, -0.05) is 0 Å². The Kier molecular flexibility index (Phi) is 2.82. The molecule has 0 bridgehead atoms. The van der Waals surface area contributed by atoms with Crippen molar-refractivity contribution in [1.82, 2.24) is 4.98 Å². The summed E-state index contributed by atoms with van der Waals surface area (Å²) in [7, 11) is 0. The molecule has 1 aromatic rings. The summed E-state index contributed by atoms with van der Waals surface area (Å²) in [6, 6.07) is 2.72. The number of carboxylic acid groups (broad SMARTS) is 1. The van der Waals surface area contributed by atoms with Gasteiger partial charge in [0.1, 0.15) is 11.9 Å². The molecule has 0 fully saturated rings. The number of rotatable bonds is 2. The van der Waals surface area contributed by atoms with Crippen molar-refractivity contribution in [3.8, 4) is 0 Å². The Morgan fingerprint density at radius 3 is 3.12 bits per heavy atom. The van der Waals surface area contributed by atoms with Crippen LogP contribution in [0.2, 0.25) is 0 Å². The van der Waals surface area contributed by atoms with Crippen molar-refractivity contribution in [2.24, 2.45) is 0 Å². The third-order valence-corrected chi connectivity index (χ3v) is 3.36.